The van der Waals surface area contributed by atoms with Gasteiger partial charge in [-0.05, 0) is 20.8 Å². The molecule has 0 amide bonds. The first-order valence-electron chi connectivity index (χ1n) is 3.79. The zero-order valence-corrected chi connectivity index (χ0v) is 7.66. The number of carbonyl (C=O) groups excluding carboxylic acids is 2. The van der Waals surface area contributed by atoms with Crippen LogP contribution in [-0.4, -0.2) is 23.9 Å². The molecule has 0 aliphatic rings. The van der Waals surface area contributed by atoms with Gasteiger partial charge < -0.3 is 15.3 Å². The Morgan fingerprint density at radius 3 is 2.42 bits per heavy atom. The van der Waals surface area contributed by atoms with Gasteiger partial charge in [0, 0.05) is 6.42 Å². The first-order valence-corrected chi connectivity index (χ1v) is 3.79. The van der Waals surface area contributed by atoms with Crippen LogP contribution in [0.2, 0.25) is 0 Å². The molecule has 4 nitrogen and oxygen atoms in total. The largest absolute Gasteiger partial charge is 0.459 e. The molecule has 4 heteroatoms. The second kappa shape index (κ2) is 4.21. The fourth-order valence-electron chi connectivity index (χ4n) is 0.577. The lowest BCUT2D eigenvalue weighted by molar-refractivity contribution is -0.157. The Morgan fingerprint density at radius 2 is 2.08 bits per heavy atom. The highest BCUT2D eigenvalue weighted by Gasteiger charge is 2.21. The Labute approximate surface area is 72.1 Å². The number of hydrogen-bond donors (Lipinski definition) is 1. The predicted molar refractivity (Wildman–Crippen MR) is 44.5 cm³/mol. The maximum Gasteiger partial charge on any atom is 0.323 e. The van der Waals surface area contributed by atoms with Crippen LogP contribution in [0.5, 0.6) is 0 Å². The topological polar surface area (TPSA) is 69.4 Å². The van der Waals surface area contributed by atoms with Gasteiger partial charge in [0.05, 0.1) is 0 Å². The third-order valence-corrected chi connectivity index (χ3v) is 1.06. The highest BCUT2D eigenvalue weighted by molar-refractivity contribution is 5.78. The molecule has 0 aromatic rings. The average Bonchev–Trinajstić information content (AvgIpc) is 1.84. The molecular formula is C8H15NO3. The third-order valence-electron chi connectivity index (χ3n) is 1.06. The van der Waals surface area contributed by atoms with Crippen molar-refractivity contribution < 1.29 is 14.3 Å². The van der Waals surface area contributed by atoms with Crippen LogP contribution in [0.4, 0.5) is 0 Å². The minimum Gasteiger partial charge on any atom is -0.459 e. The lowest BCUT2D eigenvalue weighted by Gasteiger charge is -2.21. The van der Waals surface area contributed by atoms with E-state index in [1.165, 1.54) is 0 Å². The van der Waals surface area contributed by atoms with Gasteiger partial charge in [0.2, 0.25) is 0 Å². The molecule has 0 saturated carbocycles. The first-order chi connectivity index (χ1) is 5.37. The summed E-state index contributed by atoms with van der Waals surface area (Å²) in [5.74, 6) is -0.533. The second-order valence-corrected chi connectivity index (χ2v) is 3.54. The van der Waals surface area contributed by atoms with Gasteiger partial charge in [-0.2, -0.15) is 0 Å². The highest BCUT2D eigenvalue weighted by atomic mass is 16.6. The Bertz CT molecular complexity index is 172. The van der Waals surface area contributed by atoms with Crippen LogP contribution in [-0.2, 0) is 14.3 Å². The summed E-state index contributed by atoms with van der Waals surface area (Å²) in [5.41, 5.74) is 4.79. The van der Waals surface area contributed by atoms with Crippen molar-refractivity contribution in [2.24, 2.45) is 5.73 Å². The van der Waals surface area contributed by atoms with Crippen molar-refractivity contribution in [3.05, 3.63) is 0 Å². The van der Waals surface area contributed by atoms with Gasteiger partial charge in [0.15, 0.2) is 0 Å². The van der Waals surface area contributed by atoms with Crippen LogP contribution in [0, 0.1) is 0 Å². The Balaban J connectivity index is 3.95. The molecule has 1 atom stereocenters. The molecule has 1 unspecified atom stereocenters. The van der Waals surface area contributed by atoms with E-state index in [9.17, 15) is 9.59 Å². The van der Waals surface area contributed by atoms with E-state index in [2.05, 4.69) is 0 Å². The van der Waals surface area contributed by atoms with Crippen LogP contribution >= 0.6 is 0 Å². The van der Waals surface area contributed by atoms with Crippen molar-refractivity contribution >= 4 is 12.3 Å². The number of rotatable bonds is 3. The molecule has 12 heavy (non-hydrogen) atoms. The van der Waals surface area contributed by atoms with Gasteiger partial charge in [-0.3, -0.25) is 4.79 Å². The first kappa shape index (κ1) is 11.1. The smallest absolute Gasteiger partial charge is 0.323 e. The van der Waals surface area contributed by atoms with Crippen molar-refractivity contribution in [2.75, 3.05) is 0 Å². The fourth-order valence-corrected chi connectivity index (χ4v) is 0.577. The van der Waals surface area contributed by atoms with E-state index in [0.29, 0.717) is 6.29 Å². The monoisotopic (exact) mass is 173 g/mol. The molecular weight excluding hydrogens is 158 g/mol. The molecule has 0 aromatic carbocycles. The minimum absolute atomic E-state index is 0.00884. The molecule has 0 aliphatic carbocycles. The molecule has 0 aromatic heterocycles. The standard InChI is InChI=1S/C8H15NO3/c1-8(2,3)12-7(11)6(9)4-5-10/h5-6H,4,9H2,1-3H3. The molecule has 70 valence electrons. The number of aldehydes is 1. The van der Waals surface area contributed by atoms with E-state index < -0.39 is 17.6 Å². The molecule has 0 rings (SSSR count). The molecule has 0 fully saturated rings. The van der Waals surface area contributed by atoms with Gasteiger partial charge in [0.25, 0.3) is 0 Å². The molecule has 0 radical (unpaired) electrons. The van der Waals surface area contributed by atoms with Crippen molar-refractivity contribution in [3.8, 4) is 0 Å². The summed E-state index contributed by atoms with van der Waals surface area (Å²) in [6, 6.07) is -0.832. The van der Waals surface area contributed by atoms with E-state index in [1.54, 1.807) is 20.8 Å². The Morgan fingerprint density at radius 1 is 1.58 bits per heavy atom. The normalized spacial score (nSPS) is 13.7. The van der Waals surface area contributed by atoms with E-state index in [0.717, 1.165) is 0 Å². The van der Waals surface area contributed by atoms with E-state index in [1.807, 2.05) is 0 Å². The number of carbonyl (C=O) groups is 2. The summed E-state index contributed by atoms with van der Waals surface area (Å²) in [6.07, 6.45) is 0.615. The lowest BCUT2D eigenvalue weighted by Crippen LogP contribution is -2.37. The van der Waals surface area contributed by atoms with Crippen LogP contribution in [0.1, 0.15) is 27.2 Å². The quantitative estimate of drug-likeness (QED) is 0.490. The summed E-state index contributed by atoms with van der Waals surface area (Å²) in [6.45, 7) is 5.25. The molecule has 0 aliphatic heterocycles. The summed E-state index contributed by atoms with van der Waals surface area (Å²) in [7, 11) is 0. The summed E-state index contributed by atoms with van der Waals surface area (Å²) < 4.78 is 4.93. The lowest BCUT2D eigenvalue weighted by atomic mass is 10.2. The zero-order chi connectivity index (χ0) is 9.78. The Hall–Kier alpha value is -0.900. The Kier molecular flexibility index (Phi) is 3.89. The summed E-state index contributed by atoms with van der Waals surface area (Å²) >= 11 is 0. The van der Waals surface area contributed by atoms with Crippen molar-refractivity contribution in [1.29, 1.82) is 0 Å². The van der Waals surface area contributed by atoms with Crippen LogP contribution < -0.4 is 5.73 Å². The van der Waals surface area contributed by atoms with Crippen LogP contribution in [0.3, 0.4) is 0 Å². The third kappa shape index (κ3) is 4.85. The molecule has 0 bridgehead atoms. The molecule has 0 saturated heterocycles. The van der Waals surface area contributed by atoms with Crippen molar-refractivity contribution in [1.82, 2.24) is 0 Å². The number of nitrogens with two attached hydrogens (primary N) is 1. The molecule has 2 N–H and O–H groups in total. The van der Waals surface area contributed by atoms with Gasteiger partial charge in [0.1, 0.15) is 17.9 Å². The minimum atomic E-state index is -0.832. The predicted octanol–water partition coefficient (Wildman–Crippen LogP) is 0.244. The van der Waals surface area contributed by atoms with Gasteiger partial charge in [-0.25, -0.2) is 0 Å². The van der Waals surface area contributed by atoms with E-state index >= 15 is 0 Å². The zero-order valence-electron chi connectivity index (χ0n) is 7.66. The van der Waals surface area contributed by atoms with Crippen LogP contribution in [0.15, 0.2) is 0 Å². The summed E-state index contributed by atoms with van der Waals surface area (Å²) in [4.78, 5) is 21.0. The number of hydrogen-bond acceptors (Lipinski definition) is 4. The van der Waals surface area contributed by atoms with Crippen molar-refractivity contribution in [2.45, 2.75) is 38.8 Å². The molecule has 0 heterocycles. The van der Waals surface area contributed by atoms with Gasteiger partial charge in [-0.1, -0.05) is 0 Å². The average molecular weight is 173 g/mol. The van der Waals surface area contributed by atoms with Crippen LogP contribution in [0.25, 0.3) is 0 Å². The maximum absolute atomic E-state index is 11.0. The molecule has 0 spiro atoms. The highest BCUT2D eigenvalue weighted by Crippen LogP contribution is 2.08. The van der Waals surface area contributed by atoms with Crippen molar-refractivity contribution in [3.63, 3.8) is 0 Å². The number of esters is 1. The second-order valence-electron chi connectivity index (χ2n) is 3.54. The van der Waals surface area contributed by atoms with E-state index in [4.69, 9.17) is 10.5 Å². The maximum atomic E-state index is 11.0. The SMILES string of the molecule is CC(C)(C)OC(=O)C(N)CC=O. The van der Waals surface area contributed by atoms with Gasteiger partial charge in [-0.15, -0.1) is 0 Å². The van der Waals surface area contributed by atoms with E-state index in [-0.39, 0.29) is 6.42 Å². The van der Waals surface area contributed by atoms with Gasteiger partial charge >= 0.3 is 5.97 Å². The summed E-state index contributed by atoms with van der Waals surface area (Å²) in [5, 5.41) is 0. The fraction of sp³-hybridized carbons (Fsp3) is 0.750. The number of ether oxygens (including phenoxy) is 1.